The third-order valence-corrected chi connectivity index (χ3v) is 6.34. The smallest absolute Gasteiger partial charge is 0.340 e. The van der Waals surface area contributed by atoms with E-state index in [0.717, 1.165) is 0 Å². The van der Waals surface area contributed by atoms with Crippen LogP contribution in [0.5, 0.6) is 11.5 Å². The van der Waals surface area contributed by atoms with E-state index in [-0.39, 0.29) is 29.7 Å². The van der Waals surface area contributed by atoms with Gasteiger partial charge in [0.2, 0.25) is 5.88 Å². The van der Waals surface area contributed by atoms with Gasteiger partial charge in [0.25, 0.3) is 0 Å². The first-order valence-electron chi connectivity index (χ1n) is 10.6. The number of hydrogen-bond acceptors (Lipinski definition) is 7. The van der Waals surface area contributed by atoms with Crippen LogP contribution in [0.25, 0.3) is 0 Å². The molecule has 0 spiro atoms. The Labute approximate surface area is 204 Å². The van der Waals surface area contributed by atoms with Gasteiger partial charge in [0.05, 0.1) is 24.6 Å². The number of methoxy groups -OCH3 is 2. The number of benzene rings is 2. The van der Waals surface area contributed by atoms with Gasteiger partial charge in [-0.1, -0.05) is 12.1 Å². The summed E-state index contributed by atoms with van der Waals surface area (Å²) in [6, 6.07) is 9.52. The summed E-state index contributed by atoms with van der Waals surface area (Å²) in [5.41, 5.74) is 7.78. The second kappa shape index (κ2) is 9.89. The molecule has 2 N–H and O–H groups in total. The van der Waals surface area contributed by atoms with Crippen LogP contribution in [0.3, 0.4) is 0 Å². The van der Waals surface area contributed by atoms with Crippen LogP contribution in [0.15, 0.2) is 63.7 Å². The first-order valence-corrected chi connectivity index (χ1v) is 11.4. The summed E-state index contributed by atoms with van der Waals surface area (Å²) < 4.78 is 36.1. The highest BCUT2D eigenvalue weighted by molar-refractivity contribution is 9.10. The van der Waals surface area contributed by atoms with E-state index in [2.05, 4.69) is 15.9 Å². The van der Waals surface area contributed by atoms with Crippen LogP contribution in [0.4, 0.5) is 4.39 Å². The molecule has 34 heavy (non-hydrogen) atoms. The van der Waals surface area contributed by atoms with Crippen molar-refractivity contribution >= 4 is 27.7 Å². The molecular weight excluding hydrogens is 509 g/mol. The molecule has 0 radical (unpaired) electrons. The lowest BCUT2D eigenvalue weighted by Crippen LogP contribution is -2.31. The zero-order chi connectivity index (χ0) is 24.4. The number of ketones is 1. The number of allylic oxidation sites excluding steroid dienone is 2. The van der Waals surface area contributed by atoms with E-state index in [1.54, 1.807) is 24.3 Å². The van der Waals surface area contributed by atoms with Crippen molar-refractivity contribution in [3.05, 3.63) is 80.6 Å². The van der Waals surface area contributed by atoms with Crippen LogP contribution in [-0.2, 0) is 25.7 Å². The molecule has 7 nitrogen and oxygen atoms in total. The first-order chi connectivity index (χ1) is 16.3. The van der Waals surface area contributed by atoms with E-state index in [1.165, 1.54) is 26.4 Å². The van der Waals surface area contributed by atoms with Crippen molar-refractivity contribution in [1.29, 1.82) is 0 Å². The lowest BCUT2D eigenvalue weighted by molar-refractivity contribution is -0.136. The van der Waals surface area contributed by atoms with Gasteiger partial charge in [-0.05, 0) is 57.7 Å². The van der Waals surface area contributed by atoms with Crippen molar-refractivity contribution in [2.75, 3.05) is 14.2 Å². The van der Waals surface area contributed by atoms with Gasteiger partial charge in [0, 0.05) is 18.4 Å². The molecule has 0 aromatic heterocycles. The maximum atomic E-state index is 13.5. The SMILES string of the molecule is COC(=O)C1=C(N)OC2=C(C(=O)CCC2)[C@@H]1c1cc(Br)c(OCc2cccc(F)c2)c(OC)c1. The summed E-state index contributed by atoms with van der Waals surface area (Å²) in [7, 11) is 2.72. The van der Waals surface area contributed by atoms with Crippen LogP contribution in [0, 0.1) is 5.82 Å². The molecule has 9 heteroatoms. The minimum absolute atomic E-state index is 0.0545. The fourth-order valence-electron chi connectivity index (χ4n) is 4.23. The largest absolute Gasteiger partial charge is 0.493 e. The van der Waals surface area contributed by atoms with Gasteiger partial charge in [0.15, 0.2) is 17.3 Å². The molecule has 2 aliphatic rings. The summed E-state index contributed by atoms with van der Waals surface area (Å²) in [6.45, 7) is 0.109. The molecule has 0 saturated carbocycles. The third kappa shape index (κ3) is 4.52. The van der Waals surface area contributed by atoms with E-state index in [1.807, 2.05) is 0 Å². The average molecular weight is 532 g/mol. The van der Waals surface area contributed by atoms with Crippen molar-refractivity contribution in [3.8, 4) is 11.5 Å². The molecule has 0 unspecified atom stereocenters. The van der Waals surface area contributed by atoms with Crippen LogP contribution < -0.4 is 15.2 Å². The van der Waals surface area contributed by atoms with Crippen molar-refractivity contribution < 1.29 is 32.9 Å². The molecule has 0 amide bonds. The quantitative estimate of drug-likeness (QED) is 0.542. The number of ether oxygens (including phenoxy) is 4. The lowest BCUT2D eigenvalue weighted by atomic mass is 9.77. The second-order valence-electron chi connectivity index (χ2n) is 7.87. The summed E-state index contributed by atoms with van der Waals surface area (Å²) in [4.78, 5) is 25.6. The molecule has 1 heterocycles. The van der Waals surface area contributed by atoms with Crippen molar-refractivity contribution in [3.63, 3.8) is 0 Å². The van der Waals surface area contributed by atoms with Crippen molar-refractivity contribution in [1.82, 2.24) is 0 Å². The van der Waals surface area contributed by atoms with E-state index >= 15 is 0 Å². The van der Waals surface area contributed by atoms with Gasteiger partial charge in [0.1, 0.15) is 23.8 Å². The minimum atomic E-state index is -0.786. The number of halogens is 2. The highest BCUT2D eigenvalue weighted by Crippen LogP contribution is 2.47. The minimum Gasteiger partial charge on any atom is -0.493 e. The molecule has 178 valence electrons. The Bertz CT molecular complexity index is 1220. The predicted molar refractivity (Wildman–Crippen MR) is 124 cm³/mol. The molecule has 0 saturated heterocycles. The molecular formula is C25H23BrFNO6. The summed E-state index contributed by atoms with van der Waals surface area (Å²) in [5, 5.41) is 0. The predicted octanol–water partition coefficient (Wildman–Crippen LogP) is 4.64. The Morgan fingerprint density at radius 2 is 2.03 bits per heavy atom. The monoisotopic (exact) mass is 531 g/mol. The number of rotatable bonds is 6. The van der Waals surface area contributed by atoms with Gasteiger partial charge < -0.3 is 24.7 Å². The zero-order valence-corrected chi connectivity index (χ0v) is 20.2. The number of nitrogens with two attached hydrogens (primary N) is 1. The highest BCUT2D eigenvalue weighted by Gasteiger charge is 2.41. The fraction of sp³-hybridized carbons (Fsp3) is 0.280. The van der Waals surface area contributed by atoms with E-state index in [0.29, 0.717) is 57.7 Å². The Hall–Kier alpha value is -3.33. The molecule has 0 bridgehead atoms. The number of carbonyl (C=O) groups excluding carboxylic acids is 2. The van der Waals surface area contributed by atoms with E-state index < -0.39 is 11.9 Å². The fourth-order valence-corrected chi connectivity index (χ4v) is 4.80. The normalized spacial score (nSPS) is 17.8. The van der Waals surface area contributed by atoms with Gasteiger partial charge >= 0.3 is 5.97 Å². The molecule has 2 aromatic carbocycles. The second-order valence-corrected chi connectivity index (χ2v) is 8.73. The van der Waals surface area contributed by atoms with Gasteiger partial charge in [-0.3, -0.25) is 4.79 Å². The van der Waals surface area contributed by atoms with Crippen LogP contribution in [-0.4, -0.2) is 26.0 Å². The Balaban J connectivity index is 1.77. The maximum absolute atomic E-state index is 13.5. The number of hydrogen-bond donors (Lipinski definition) is 1. The average Bonchev–Trinajstić information content (AvgIpc) is 2.81. The lowest BCUT2D eigenvalue weighted by Gasteiger charge is -2.32. The van der Waals surface area contributed by atoms with Gasteiger partial charge in [-0.25, -0.2) is 9.18 Å². The van der Waals surface area contributed by atoms with E-state index in [4.69, 9.17) is 24.7 Å². The first kappa shape index (κ1) is 23.8. The van der Waals surface area contributed by atoms with Crippen LogP contribution >= 0.6 is 15.9 Å². The van der Waals surface area contributed by atoms with Crippen LogP contribution in [0.1, 0.15) is 36.3 Å². The molecule has 0 fully saturated rings. The summed E-state index contributed by atoms with van der Waals surface area (Å²) >= 11 is 3.51. The molecule has 1 atom stereocenters. The van der Waals surface area contributed by atoms with E-state index in [9.17, 15) is 14.0 Å². The third-order valence-electron chi connectivity index (χ3n) is 5.75. The Morgan fingerprint density at radius 3 is 2.74 bits per heavy atom. The van der Waals surface area contributed by atoms with Crippen molar-refractivity contribution in [2.45, 2.75) is 31.8 Å². The molecule has 2 aromatic rings. The van der Waals surface area contributed by atoms with Gasteiger partial charge in [-0.2, -0.15) is 0 Å². The molecule has 4 rings (SSSR count). The van der Waals surface area contributed by atoms with Gasteiger partial charge in [-0.15, -0.1) is 0 Å². The molecule has 1 aliphatic heterocycles. The van der Waals surface area contributed by atoms with Crippen LogP contribution in [0.2, 0.25) is 0 Å². The standard InChI is InChI=1S/C25H23BrFNO6/c1-31-19-11-14(10-16(26)23(19)33-12-13-5-3-6-15(27)9-13)20-21-17(29)7-4-8-18(21)34-24(28)22(20)25(30)32-2/h3,5-6,9-11,20H,4,7-8,12,28H2,1-2H3/t20-/m0/s1. The summed E-state index contributed by atoms with van der Waals surface area (Å²) in [5.74, 6) is -0.812. The maximum Gasteiger partial charge on any atom is 0.340 e. The number of carbonyl (C=O) groups is 2. The Kier molecular flexibility index (Phi) is 6.92. The Morgan fingerprint density at radius 1 is 1.24 bits per heavy atom. The number of esters is 1. The topological polar surface area (TPSA) is 97.1 Å². The number of Topliss-reactive ketones (excluding diaryl/α,β-unsaturated/α-hetero) is 1. The zero-order valence-electron chi connectivity index (χ0n) is 18.7. The van der Waals surface area contributed by atoms with Crippen molar-refractivity contribution in [2.24, 2.45) is 5.73 Å². The highest BCUT2D eigenvalue weighted by atomic mass is 79.9. The summed E-state index contributed by atoms with van der Waals surface area (Å²) in [6.07, 6.45) is 1.53. The molecule has 1 aliphatic carbocycles.